The lowest BCUT2D eigenvalue weighted by molar-refractivity contribution is 0.808. The molecule has 0 saturated carbocycles. The van der Waals surface area contributed by atoms with Crippen LogP contribution in [0, 0.1) is 0 Å². The molecule has 0 aliphatic carbocycles. The summed E-state index contributed by atoms with van der Waals surface area (Å²) in [6, 6.07) is 62.7. The van der Waals surface area contributed by atoms with E-state index in [0.29, 0.717) is 17.8 Å². The Bertz CT molecular complexity index is 3670. The highest BCUT2D eigenvalue weighted by Crippen LogP contribution is 2.56. The van der Waals surface area contributed by atoms with Crippen molar-refractivity contribution in [2.24, 2.45) is 0 Å². The lowest BCUT2D eigenvalue weighted by Crippen LogP contribution is -2.04. The second-order valence-electron chi connectivity index (χ2n) is 18.4. The van der Waals surface area contributed by atoms with Gasteiger partial charge in [0.15, 0.2) is 0 Å². The van der Waals surface area contributed by atoms with Gasteiger partial charge in [0.05, 0.1) is 0 Å². The molecule has 0 heterocycles. The molecule has 0 radical (unpaired) electrons. The predicted octanol–water partition coefficient (Wildman–Crippen LogP) is 18.2. The fraction of sp³-hybridized carbons (Fsp3) is 0.148. The summed E-state index contributed by atoms with van der Waals surface area (Å²) >= 11 is 0. The van der Waals surface area contributed by atoms with Crippen molar-refractivity contribution in [3.05, 3.63) is 180 Å². The van der Waals surface area contributed by atoms with Gasteiger partial charge in [0, 0.05) is 0 Å². The van der Waals surface area contributed by atoms with Crippen LogP contribution >= 0.6 is 0 Å². The maximum Gasteiger partial charge on any atom is -0.000697 e. The molecule has 0 aromatic heterocycles. The molecule has 0 fully saturated rings. The molecule has 0 nitrogen and oxygen atoms in total. The van der Waals surface area contributed by atoms with Gasteiger partial charge in [0.1, 0.15) is 0 Å². The second kappa shape index (κ2) is 13.4. The van der Waals surface area contributed by atoms with Gasteiger partial charge in [-0.2, -0.15) is 0 Å². The minimum absolute atomic E-state index is 0.369. The second-order valence-corrected chi connectivity index (χ2v) is 18.4. The van der Waals surface area contributed by atoms with Gasteiger partial charge in [-0.25, -0.2) is 0 Å². The van der Waals surface area contributed by atoms with E-state index in [1.54, 1.807) is 0 Å². The Morgan fingerprint density at radius 2 is 0.820 bits per heavy atom. The van der Waals surface area contributed by atoms with Crippen LogP contribution < -0.4 is 0 Å². The molecular weight excluding hydrogens is 733 g/mol. The first-order valence-electron chi connectivity index (χ1n) is 22.3. The third-order valence-electron chi connectivity index (χ3n) is 14.0. The summed E-state index contributed by atoms with van der Waals surface area (Å²) in [7, 11) is 0. The van der Waals surface area contributed by atoms with Crippen LogP contribution in [0.1, 0.15) is 76.0 Å². The summed E-state index contributed by atoms with van der Waals surface area (Å²) in [5.74, 6) is 1.19. The van der Waals surface area contributed by atoms with Crippen molar-refractivity contribution in [3.63, 3.8) is 0 Å². The molecule has 0 amide bonds. The molecule has 0 N–H and O–H groups in total. The van der Waals surface area contributed by atoms with Gasteiger partial charge in [-0.3, -0.25) is 0 Å². The quantitative estimate of drug-likeness (QED) is 0.147. The number of rotatable bonds is 6. The number of hydrogen-bond donors (Lipinski definition) is 0. The first-order chi connectivity index (χ1) is 29.8. The lowest BCUT2D eigenvalue weighted by atomic mass is 9.80. The van der Waals surface area contributed by atoms with Crippen LogP contribution in [0.5, 0.6) is 0 Å². The zero-order valence-electron chi connectivity index (χ0n) is 35.8. The van der Waals surface area contributed by atoms with Crippen LogP contribution in [0.3, 0.4) is 0 Å². The van der Waals surface area contributed by atoms with Crippen molar-refractivity contribution in [1.29, 1.82) is 0 Å². The van der Waals surface area contributed by atoms with Crippen LogP contribution in [-0.2, 0) is 0 Å². The molecule has 61 heavy (non-hydrogen) atoms. The van der Waals surface area contributed by atoms with E-state index in [-0.39, 0.29) is 0 Å². The van der Waals surface area contributed by atoms with E-state index in [4.69, 9.17) is 0 Å². The Morgan fingerprint density at radius 3 is 1.48 bits per heavy atom. The van der Waals surface area contributed by atoms with E-state index in [2.05, 4.69) is 205 Å². The third kappa shape index (κ3) is 5.06. The van der Waals surface area contributed by atoms with Crippen LogP contribution in [0.4, 0.5) is 0 Å². The van der Waals surface area contributed by atoms with Gasteiger partial charge >= 0.3 is 0 Å². The van der Waals surface area contributed by atoms with E-state index in [1.807, 2.05) is 0 Å². The van der Waals surface area contributed by atoms with E-state index in [9.17, 15) is 0 Å². The number of fused-ring (bicyclic) bond motifs is 10. The smallest absolute Gasteiger partial charge is 0.000697 e. The van der Waals surface area contributed by atoms with E-state index >= 15 is 0 Å². The largest absolute Gasteiger partial charge is 0.0622 e. The number of benzene rings is 10. The van der Waals surface area contributed by atoms with Crippen LogP contribution in [-0.4, -0.2) is 0 Å². The molecule has 0 aliphatic heterocycles. The average molecular weight is 781 g/mol. The van der Waals surface area contributed by atoms with Crippen molar-refractivity contribution in [2.45, 2.75) is 59.3 Å². The van der Waals surface area contributed by atoms with Crippen molar-refractivity contribution >= 4 is 86.2 Å². The summed E-state index contributed by atoms with van der Waals surface area (Å²) in [5, 5.41) is 21.3. The fourth-order valence-corrected chi connectivity index (χ4v) is 11.3. The van der Waals surface area contributed by atoms with Gasteiger partial charge < -0.3 is 0 Å². The highest BCUT2D eigenvalue weighted by atomic mass is 14.3. The van der Waals surface area contributed by atoms with E-state index < -0.39 is 0 Å². The summed E-state index contributed by atoms with van der Waals surface area (Å²) in [6.45, 7) is 14.2. The van der Waals surface area contributed by atoms with E-state index in [1.165, 1.54) is 136 Å². The molecule has 12 aromatic carbocycles. The highest BCUT2D eigenvalue weighted by Gasteiger charge is 2.29. The molecular formula is C61H48. The Kier molecular flexibility index (Phi) is 7.92. The molecule has 0 atom stereocenters. The van der Waals surface area contributed by atoms with Crippen LogP contribution in [0.25, 0.3) is 120 Å². The Labute approximate surface area is 357 Å². The molecule has 12 rings (SSSR count). The molecule has 12 aromatic rings. The van der Waals surface area contributed by atoms with Crippen LogP contribution in [0.15, 0.2) is 164 Å². The van der Waals surface area contributed by atoms with Gasteiger partial charge in [-0.15, -0.1) is 0 Å². The monoisotopic (exact) mass is 780 g/mol. The molecule has 0 saturated heterocycles. The van der Waals surface area contributed by atoms with Gasteiger partial charge in [0.25, 0.3) is 0 Å². The van der Waals surface area contributed by atoms with E-state index in [0.717, 1.165) is 0 Å². The zero-order chi connectivity index (χ0) is 41.3. The van der Waals surface area contributed by atoms with Gasteiger partial charge in [0.2, 0.25) is 0 Å². The maximum atomic E-state index is 2.55. The van der Waals surface area contributed by atoms with Crippen molar-refractivity contribution in [3.8, 4) is 33.4 Å². The average Bonchev–Trinajstić information content (AvgIpc) is 3.79. The van der Waals surface area contributed by atoms with Gasteiger partial charge in [-0.1, -0.05) is 193 Å². The highest BCUT2D eigenvalue weighted by molar-refractivity contribution is 6.46. The normalized spacial score (nSPS) is 12.5. The van der Waals surface area contributed by atoms with Crippen molar-refractivity contribution < 1.29 is 0 Å². The molecule has 0 bridgehead atoms. The minimum Gasteiger partial charge on any atom is -0.0622 e. The Morgan fingerprint density at radius 1 is 0.279 bits per heavy atom. The predicted molar refractivity (Wildman–Crippen MR) is 267 cm³/mol. The maximum absolute atomic E-state index is 2.55. The Hall–Kier alpha value is -6.76. The van der Waals surface area contributed by atoms with Crippen LogP contribution in [0.2, 0.25) is 0 Å². The lowest BCUT2D eigenvalue weighted by Gasteiger charge is -2.24. The molecule has 0 aliphatic rings. The van der Waals surface area contributed by atoms with Gasteiger partial charge in [-0.05, 0) is 166 Å². The Balaban J connectivity index is 1.39. The number of hydrogen-bond acceptors (Lipinski definition) is 0. The summed E-state index contributed by atoms with van der Waals surface area (Å²) in [5.41, 5.74) is 12.2. The summed E-state index contributed by atoms with van der Waals surface area (Å²) < 4.78 is 0. The first kappa shape index (κ1) is 36.1. The minimum atomic E-state index is 0.369. The zero-order valence-corrected chi connectivity index (χ0v) is 35.8. The summed E-state index contributed by atoms with van der Waals surface area (Å²) in [6.07, 6.45) is 0. The fourth-order valence-electron chi connectivity index (χ4n) is 11.3. The molecule has 0 unspecified atom stereocenters. The topological polar surface area (TPSA) is 0 Å². The molecule has 0 spiro atoms. The standard InChI is InChI=1S/C61H48/c1-34(2)40-31-48(35(3)4)56(49(32-40)36(5)6)46-28-29-47-59-51(30-39-22-13-14-23-41(39)57(46)59)61-54(38-20-11-8-12-21-38)58-45-27-17-26-44-42-24-15-16-25-43(42)50(55(44)45)33-52(58)53(60(47)61)37-18-9-7-10-19-37/h7-36H,1-6H3. The van der Waals surface area contributed by atoms with Crippen molar-refractivity contribution in [2.75, 3.05) is 0 Å². The molecule has 0 heteroatoms. The molecule has 292 valence electrons. The van der Waals surface area contributed by atoms with Crippen molar-refractivity contribution in [1.82, 2.24) is 0 Å². The SMILES string of the molecule is CC(C)c1cc(C(C)C)c(-c2ccc3c4c(-c5ccccc5)c5cc6c7ccccc7c7cccc(c5c(-c5ccccc5)c4c4cc5ccccc5c2c34)c76)c(C(C)C)c1. The first-order valence-corrected chi connectivity index (χ1v) is 22.3. The third-order valence-corrected chi connectivity index (χ3v) is 14.0. The summed E-state index contributed by atoms with van der Waals surface area (Å²) in [4.78, 5) is 0.